The van der Waals surface area contributed by atoms with E-state index in [4.69, 9.17) is 9.15 Å². The fourth-order valence-corrected chi connectivity index (χ4v) is 3.07. The quantitative estimate of drug-likeness (QED) is 0.858. The molecular weight excluding hydrogens is 294 g/mol. The van der Waals surface area contributed by atoms with E-state index in [0.717, 1.165) is 18.5 Å². The van der Waals surface area contributed by atoms with Gasteiger partial charge in [0.25, 0.3) is 0 Å². The highest BCUT2D eigenvalue weighted by atomic mass is 16.5. The van der Waals surface area contributed by atoms with Gasteiger partial charge in [-0.25, -0.2) is 4.79 Å². The Morgan fingerprint density at radius 1 is 1.26 bits per heavy atom. The molecule has 1 atom stereocenters. The van der Waals surface area contributed by atoms with Crippen LogP contribution in [0.4, 0.5) is 0 Å². The van der Waals surface area contributed by atoms with Gasteiger partial charge in [0.05, 0.1) is 10.9 Å². The van der Waals surface area contributed by atoms with E-state index in [0.29, 0.717) is 23.4 Å². The molecule has 0 radical (unpaired) electrons. The predicted molar refractivity (Wildman–Crippen MR) is 89.0 cm³/mol. The van der Waals surface area contributed by atoms with Crippen molar-refractivity contribution in [2.24, 2.45) is 0 Å². The molecule has 5 heteroatoms. The summed E-state index contributed by atoms with van der Waals surface area (Å²) in [6.07, 6.45) is 3.08. The third-order valence-electron chi connectivity index (χ3n) is 4.32. The Balaban J connectivity index is 1.71. The van der Waals surface area contributed by atoms with Gasteiger partial charge in [-0.2, -0.15) is 0 Å². The van der Waals surface area contributed by atoms with E-state index in [1.165, 1.54) is 19.3 Å². The topological polar surface area (TPSA) is 62.9 Å². The van der Waals surface area contributed by atoms with Gasteiger partial charge in [-0.15, -0.1) is 0 Å². The SMILES string of the molecule is Cc1c(OCC(O)CN2CCCCC2)c2ccccc2oc1=O. The lowest BCUT2D eigenvalue weighted by atomic mass is 10.1. The molecule has 23 heavy (non-hydrogen) atoms. The van der Waals surface area contributed by atoms with Crippen LogP contribution in [0, 0.1) is 6.92 Å². The second-order valence-corrected chi connectivity index (χ2v) is 6.17. The first-order valence-corrected chi connectivity index (χ1v) is 8.21. The number of nitrogens with zero attached hydrogens (tertiary/aromatic N) is 1. The Hall–Kier alpha value is -1.85. The summed E-state index contributed by atoms with van der Waals surface area (Å²) < 4.78 is 11.1. The molecule has 2 heterocycles. The standard InChI is InChI=1S/C18H23NO4/c1-13-17(15-7-3-4-8-16(15)23-18(13)21)22-12-14(20)11-19-9-5-2-6-10-19/h3-4,7-8,14,20H,2,5-6,9-12H2,1H3. The number of β-amino-alcohol motifs (C(OH)–C–C–N with tert-alkyl or cyclic N) is 1. The first kappa shape index (κ1) is 16.0. The molecular formula is C18H23NO4. The van der Waals surface area contributed by atoms with Crippen molar-refractivity contribution in [2.75, 3.05) is 26.2 Å². The summed E-state index contributed by atoms with van der Waals surface area (Å²) in [6.45, 7) is 4.54. The molecule has 5 nitrogen and oxygen atoms in total. The highest BCUT2D eigenvalue weighted by Crippen LogP contribution is 2.27. The van der Waals surface area contributed by atoms with Crippen molar-refractivity contribution in [3.05, 3.63) is 40.2 Å². The van der Waals surface area contributed by atoms with Crippen LogP contribution in [0.3, 0.4) is 0 Å². The third kappa shape index (κ3) is 3.74. The fourth-order valence-electron chi connectivity index (χ4n) is 3.07. The molecule has 124 valence electrons. The molecule has 1 aromatic heterocycles. The Morgan fingerprint density at radius 2 is 2.00 bits per heavy atom. The summed E-state index contributed by atoms with van der Waals surface area (Å²) in [5.41, 5.74) is 0.543. The zero-order valence-electron chi connectivity index (χ0n) is 13.5. The predicted octanol–water partition coefficient (Wildman–Crippen LogP) is 2.33. The average Bonchev–Trinajstić information content (AvgIpc) is 2.56. The lowest BCUT2D eigenvalue weighted by molar-refractivity contribution is 0.0618. The van der Waals surface area contributed by atoms with Crippen LogP contribution in [-0.2, 0) is 0 Å². The minimum atomic E-state index is -0.571. The maximum Gasteiger partial charge on any atom is 0.342 e. The highest BCUT2D eigenvalue weighted by Gasteiger charge is 2.17. The number of rotatable bonds is 5. The maximum absolute atomic E-state index is 11.9. The van der Waals surface area contributed by atoms with Gasteiger partial charge in [0.2, 0.25) is 0 Å². The van der Waals surface area contributed by atoms with Crippen molar-refractivity contribution < 1.29 is 14.3 Å². The number of hydrogen-bond donors (Lipinski definition) is 1. The Morgan fingerprint density at radius 3 is 2.78 bits per heavy atom. The molecule has 3 rings (SSSR count). The maximum atomic E-state index is 11.9. The zero-order valence-corrected chi connectivity index (χ0v) is 13.5. The van der Waals surface area contributed by atoms with Crippen molar-refractivity contribution in [1.29, 1.82) is 0 Å². The molecule has 1 unspecified atom stereocenters. The lowest BCUT2D eigenvalue weighted by Crippen LogP contribution is -2.38. The zero-order chi connectivity index (χ0) is 16.2. The van der Waals surface area contributed by atoms with E-state index in [-0.39, 0.29) is 6.61 Å². The Bertz CT molecular complexity index is 719. The van der Waals surface area contributed by atoms with Crippen LogP contribution in [-0.4, -0.2) is 42.4 Å². The first-order chi connectivity index (χ1) is 11.1. The normalized spacial score (nSPS) is 17.3. The van der Waals surface area contributed by atoms with Crippen LogP contribution in [0.15, 0.2) is 33.5 Å². The average molecular weight is 317 g/mol. The van der Waals surface area contributed by atoms with Crippen molar-refractivity contribution in [3.8, 4) is 5.75 Å². The summed E-state index contributed by atoms with van der Waals surface area (Å²) in [6, 6.07) is 7.29. The summed E-state index contributed by atoms with van der Waals surface area (Å²) in [5.74, 6) is 0.509. The van der Waals surface area contributed by atoms with E-state index < -0.39 is 11.7 Å². The molecule has 2 aromatic rings. The van der Waals surface area contributed by atoms with Crippen LogP contribution in [0.1, 0.15) is 24.8 Å². The molecule has 1 aliphatic rings. The molecule has 1 aliphatic heterocycles. The second kappa shape index (κ2) is 7.15. The summed E-state index contributed by atoms with van der Waals surface area (Å²) in [4.78, 5) is 14.2. The van der Waals surface area contributed by atoms with Gasteiger partial charge in [0, 0.05) is 6.54 Å². The molecule has 0 saturated carbocycles. The number of piperidine rings is 1. The number of hydrogen-bond acceptors (Lipinski definition) is 5. The van der Waals surface area contributed by atoms with Gasteiger partial charge in [-0.05, 0) is 45.0 Å². The number of para-hydroxylation sites is 1. The highest BCUT2D eigenvalue weighted by molar-refractivity contribution is 5.84. The fraction of sp³-hybridized carbons (Fsp3) is 0.500. The number of fused-ring (bicyclic) bond motifs is 1. The van der Waals surface area contributed by atoms with Gasteiger partial charge < -0.3 is 19.2 Å². The van der Waals surface area contributed by atoms with Crippen molar-refractivity contribution in [1.82, 2.24) is 4.90 Å². The van der Waals surface area contributed by atoms with E-state index in [1.54, 1.807) is 13.0 Å². The molecule has 1 saturated heterocycles. The van der Waals surface area contributed by atoms with Gasteiger partial charge in [-0.3, -0.25) is 0 Å². The molecule has 0 bridgehead atoms. The molecule has 0 aliphatic carbocycles. The second-order valence-electron chi connectivity index (χ2n) is 6.17. The third-order valence-corrected chi connectivity index (χ3v) is 4.32. The van der Waals surface area contributed by atoms with Crippen LogP contribution in [0.25, 0.3) is 11.0 Å². The van der Waals surface area contributed by atoms with Gasteiger partial charge >= 0.3 is 5.63 Å². The first-order valence-electron chi connectivity index (χ1n) is 8.21. The van der Waals surface area contributed by atoms with Crippen molar-refractivity contribution in [2.45, 2.75) is 32.3 Å². The monoisotopic (exact) mass is 317 g/mol. The van der Waals surface area contributed by atoms with Gasteiger partial charge in [0.15, 0.2) is 0 Å². The molecule has 0 spiro atoms. The summed E-state index contributed by atoms with van der Waals surface area (Å²) >= 11 is 0. The number of aliphatic hydroxyl groups excluding tert-OH is 1. The van der Waals surface area contributed by atoms with Gasteiger partial charge in [-0.1, -0.05) is 18.6 Å². The van der Waals surface area contributed by atoms with Crippen LogP contribution >= 0.6 is 0 Å². The smallest absolute Gasteiger partial charge is 0.342 e. The Labute approximate surface area is 135 Å². The Kier molecular flexibility index (Phi) is 4.98. The minimum Gasteiger partial charge on any atom is -0.490 e. The van der Waals surface area contributed by atoms with E-state index in [2.05, 4.69) is 4.90 Å². The number of aliphatic hydroxyl groups is 1. The largest absolute Gasteiger partial charge is 0.490 e. The molecule has 1 aromatic carbocycles. The van der Waals surface area contributed by atoms with E-state index in [1.807, 2.05) is 18.2 Å². The molecule has 1 N–H and O–H groups in total. The summed E-state index contributed by atoms with van der Waals surface area (Å²) in [7, 11) is 0. The number of benzene rings is 1. The van der Waals surface area contributed by atoms with Crippen LogP contribution in [0.5, 0.6) is 5.75 Å². The van der Waals surface area contributed by atoms with Crippen molar-refractivity contribution in [3.63, 3.8) is 0 Å². The van der Waals surface area contributed by atoms with Gasteiger partial charge in [0.1, 0.15) is 24.0 Å². The van der Waals surface area contributed by atoms with E-state index >= 15 is 0 Å². The summed E-state index contributed by atoms with van der Waals surface area (Å²) in [5, 5.41) is 11.0. The number of ether oxygens (including phenoxy) is 1. The molecule has 1 fully saturated rings. The van der Waals surface area contributed by atoms with Crippen molar-refractivity contribution >= 4 is 11.0 Å². The van der Waals surface area contributed by atoms with Crippen LogP contribution < -0.4 is 10.4 Å². The lowest BCUT2D eigenvalue weighted by Gasteiger charge is -2.28. The molecule has 0 amide bonds. The minimum absolute atomic E-state index is 0.171. The number of likely N-dealkylation sites (tertiary alicyclic amines) is 1. The van der Waals surface area contributed by atoms with Crippen LogP contribution in [0.2, 0.25) is 0 Å². The van der Waals surface area contributed by atoms with E-state index in [9.17, 15) is 9.90 Å².